The molecular weight excluding hydrogens is 385 g/mol. The number of nitrogens with zero attached hydrogens (tertiary/aromatic N) is 2. The molecule has 3 rings (SSSR count). The Morgan fingerprint density at radius 2 is 1.93 bits per heavy atom. The molecule has 0 spiro atoms. The van der Waals surface area contributed by atoms with E-state index < -0.39 is 0 Å². The van der Waals surface area contributed by atoms with Crippen molar-refractivity contribution in [1.29, 1.82) is 0 Å². The fourth-order valence-corrected chi connectivity index (χ4v) is 3.67. The van der Waals surface area contributed by atoms with Gasteiger partial charge in [0, 0.05) is 32.7 Å². The summed E-state index contributed by atoms with van der Waals surface area (Å²) in [6.07, 6.45) is 3.94. The lowest BCUT2D eigenvalue weighted by molar-refractivity contribution is -0.134. The number of rotatable bonds is 6. The summed E-state index contributed by atoms with van der Waals surface area (Å²) < 4.78 is 5.67. The number of benzene rings is 1. The quantitative estimate of drug-likeness (QED) is 0.771. The number of carbonyl (C=O) groups is 1. The molecule has 1 unspecified atom stereocenters. The molecule has 2 aliphatic heterocycles. The fraction of sp³-hybridized carbons (Fsp3) is 0.650. The number of hydrogen-bond donors (Lipinski definition) is 1. The summed E-state index contributed by atoms with van der Waals surface area (Å²) in [6.45, 7) is 7.35. The topological polar surface area (TPSA) is 44.8 Å². The third-order valence-corrected chi connectivity index (χ3v) is 5.13. The molecule has 0 radical (unpaired) electrons. The summed E-state index contributed by atoms with van der Waals surface area (Å²) in [4.78, 5) is 17.1. The number of morpholine rings is 1. The van der Waals surface area contributed by atoms with E-state index in [1.807, 2.05) is 4.90 Å². The van der Waals surface area contributed by atoms with Gasteiger partial charge in [-0.2, -0.15) is 0 Å². The van der Waals surface area contributed by atoms with Gasteiger partial charge >= 0.3 is 0 Å². The summed E-state index contributed by atoms with van der Waals surface area (Å²) in [5.41, 5.74) is 1.41. The maximum atomic E-state index is 12.5. The highest BCUT2D eigenvalue weighted by atomic mass is 35.5. The minimum absolute atomic E-state index is 0. The van der Waals surface area contributed by atoms with Gasteiger partial charge in [0.2, 0.25) is 5.91 Å². The molecule has 1 N–H and O–H groups in total. The molecule has 1 aromatic carbocycles. The molecule has 2 fully saturated rings. The first-order valence-corrected chi connectivity index (χ1v) is 9.67. The Hall–Kier alpha value is -0.850. The number of halogens is 2. The van der Waals surface area contributed by atoms with Gasteiger partial charge in [0.1, 0.15) is 0 Å². The third kappa shape index (κ3) is 8.36. The van der Waals surface area contributed by atoms with E-state index >= 15 is 0 Å². The molecule has 7 heteroatoms. The Bertz CT molecular complexity index is 527. The monoisotopic (exact) mass is 417 g/mol. The van der Waals surface area contributed by atoms with Gasteiger partial charge in [-0.05, 0) is 37.9 Å². The Labute approximate surface area is 175 Å². The van der Waals surface area contributed by atoms with Gasteiger partial charge in [-0.1, -0.05) is 30.3 Å². The van der Waals surface area contributed by atoms with Gasteiger partial charge < -0.3 is 19.9 Å². The Morgan fingerprint density at radius 3 is 2.67 bits per heavy atom. The lowest BCUT2D eigenvalue weighted by atomic mass is 10.1. The summed E-state index contributed by atoms with van der Waals surface area (Å²) in [6, 6.07) is 10.7. The molecule has 0 saturated carbocycles. The summed E-state index contributed by atoms with van der Waals surface area (Å²) in [7, 11) is 0. The molecule has 0 aliphatic carbocycles. The van der Waals surface area contributed by atoms with Crippen LogP contribution in [0.1, 0.15) is 24.8 Å². The number of nitrogens with one attached hydrogen (secondary N) is 1. The predicted molar refractivity (Wildman–Crippen MR) is 114 cm³/mol. The molecule has 2 heterocycles. The van der Waals surface area contributed by atoms with Crippen LogP contribution in [0.5, 0.6) is 0 Å². The zero-order chi connectivity index (χ0) is 17.3. The van der Waals surface area contributed by atoms with Gasteiger partial charge in [0.05, 0.1) is 19.1 Å². The van der Waals surface area contributed by atoms with E-state index in [9.17, 15) is 4.79 Å². The van der Waals surface area contributed by atoms with Crippen LogP contribution in [0.15, 0.2) is 30.3 Å². The molecule has 1 amide bonds. The number of aryl methyl sites for hydroxylation is 1. The van der Waals surface area contributed by atoms with Crippen molar-refractivity contribution in [2.45, 2.75) is 31.8 Å². The minimum atomic E-state index is 0. The highest BCUT2D eigenvalue weighted by Gasteiger charge is 2.23. The maximum absolute atomic E-state index is 12.5. The summed E-state index contributed by atoms with van der Waals surface area (Å²) in [5, 5.41) is 3.30. The Kier molecular flexibility index (Phi) is 12.0. The van der Waals surface area contributed by atoms with E-state index in [0.717, 1.165) is 58.7 Å². The number of carbonyl (C=O) groups excluding carboxylic acids is 1. The molecule has 1 atom stereocenters. The van der Waals surface area contributed by atoms with Gasteiger partial charge in [0.15, 0.2) is 0 Å². The van der Waals surface area contributed by atoms with Crippen LogP contribution in [0.25, 0.3) is 0 Å². The van der Waals surface area contributed by atoms with Crippen molar-refractivity contribution in [3.8, 4) is 0 Å². The van der Waals surface area contributed by atoms with E-state index in [1.165, 1.54) is 12.0 Å². The highest BCUT2D eigenvalue weighted by Crippen LogP contribution is 2.10. The van der Waals surface area contributed by atoms with E-state index in [2.05, 4.69) is 40.5 Å². The van der Waals surface area contributed by atoms with Gasteiger partial charge in [-0.15, -0.1) is 24.8 Å². The molecule has 0 aromatic heterocycles. The van der Waals surface area contributed by atoms with Crippen molar-refractivity contribution >= 4 is 30.7 Å². The van der Waals surface area contributed by atoms with Crippen LogP contribution in [0.2, 0.25) is 0 Å². The molecule has 0 bridgehead atoms. The van der Waals surface area contributed by atoms with Crippen LogP contribution in [0.4, 0.5) is 0 Å². The van der Waals surface area contributed by atoms with E-state index in [1.54, 1.807) is 0 Å². The average Bonchev–Trinajstić information content (AvgIpc) is 2.89. The number of hydrogen-bond acceptors (Lipinski definition) is 4. The van der Waals surface area contributed by atoms with Crippen LogP contribution in [-0.4, -0.2) is 74.2 Å². The first-order chi connectivity index (χ1) is 12.3. The second kappa shape index (κ2) is 13.3. The predicted octanol–water partition coefficient (Wildman–Crippen LogP) is 2.38. The van der Waals surface area contributed by atoms with Crippen molar-refractivity contribution in [3.63, 3.8) is 0 Å². The smallest absolute Gasteiger partial charge is 0.225 e. The minimum Gasteiger partial charge on any atom is -0.375 e. The molecule has 2 saturated heterocycles. The zero-order valence-electron chi connectivity index (χ0n) is 16.0. The Balaban J connectivity index is 0.00000182. The average molecular weight is 418 g/mol. The lowest BCUT2D eigenvalue weighted by Gasteiger charge is -2.27. The molecule has 154 valence electrons. The standard InChI is InChI=1S/C20H31N3O2.2ClH/c24-20(16-19-17-21-9-15-25-19)23-12-5-11-22(13-14-23)10-4-8-18-6-2-1-3-7-18;;/h1-3,6-7,19,21H,4-5,8-17H2;2*1H. The first kappa shape index (κ1) is 24.2. The van der Waals surface area contributed by atoms with Crippen molar-refractivity contribution < 1.29 is 9.53 Å². The third-order valence-electron chi connectivity index (χ3n) is 5.13. The second-order valence-corrected chi connectivity index (χ2v) is 7.07. The van der Waals surface area contributed by atoms with Gasteiger partial charge in [-0.3, -0.25) is 4.79 Å². The largest absolute Gasteiger partial charge is 0.375 e. The van der Waals surface area contributed by atoms with Crippen LogP contribution in [-0.2, 0) is 16.0 Å². The van der Waals surface area contributed by atoms with E-state index in [4.69, 9.17) is 4.74 Å². The Morgan fingerprint density at radius 1 is 1.11 bits per heavy atom. The zero-order valence-corrected chi connectivity index (χ0v) is 17.6. The van der Waals surface area contributed by atoms with Gasteiger partial charge in [0.25, 0.3) is 0 Å². The second-order valence-electron chi connectivity index (χ2n) is 7.07. The van der Waals surface area contributed by atoms with E-state index in [0.29, 0.717) is 13.0 Å². The highest BCUT2D eigenvalue weighted by molar-refractivity contribution is 5.85. The van der Waals surface area contributed by atoms with Crippen LogP contribution < -0.4 is 5.32 Å². The van der Waals surface area contributed by atoms with Crippen LogP contribution in [0, 0.1) is 0 Å². The maximum Gasteiger partial charge on any atom is 0.225 e. The normalized spacial score (nSPS) is 20.9. The number of ether oxygens (including phenoxy) is 1. The fourth-order valence-electron chi connectivity index (χ4n) is 3.67. The van der Waals surface area contributed by atoms with Crippen molar-refractivity contribution in [1.82, 2.24) is 15.1 Å². The molecule has 5 nitrogen and oxygen atoms in total. The number of amides is 1. The molecule has 1 aromatic rings. The summed E-state index contributed by atoms with van der Waals surface area (Å²) in [5.74, 6) is 0.250. The van der Waals surface area contributed by atoms with E-state index in [-0.39, 0.29) is 36.8 Å². The van der Waals surface area contributed by atoms with Crippen molar-refractivity contribution in [2.75, 3.05) is 52.4 Å². The molecular formula is C20H33Cl2N3O2. The van der Waals surface area contributed by atoms with Crippen molar-refractivity contribution in [2.24, 2.45) is 0 Å². The molecule has 27 heavy (non-hydrogen) atoms. The summed E-state index contributed by atoms with van der Waals surface area (Å²) >= 11 is 0. The van der Waals surface area contributed by atoms with Crippen LogP contribution >= 0.6 is 24.8 Å². The SMILES string of the molecule is Cl.Cl.O=C(CC1CNCCO1)N1CCCN(CCCc2ccccc2)CC1. The lowest BCUT2D eigenvalue weighted by Crippen LogP contribution is -2.43. The molecule has 2 aliphatic rings. The van der Waals surface area contributed by atoms with Crippen molar-refractivity contribution in [3.05, 3.63) is 35.9 Å². The first-order valence-electron chi connectivity index (χ1n) is 9.67. The van der Waals surface area contributed by atoms with Gasteiger partial charge in [-0.25, -0.2) is 0 Å². The van der Waals surface area contributed by atoms with Crippen LogP contribution in [0.3, 0.4) is 0 Å².